The highest BCUT2D eigenvalue weighted by Gasteiger charge is 2.51. The average molecular weight is 298 g/mol. The zero-order chi connectivity index (χ0) is 15.1. The zero-order valence-corrected chi connectivity index (χ0v) is 13.3. The standard InChI is InChI=1S/C15H23O4P/c1-4-12-15(13-16,14-10-8-7-9-11-14)20(17,18-5-2)19-6-3/h7-11,13H,4-6,12H2,1-3H3. The quantitative estimate of drug-likeness (QED) is 0.507. The summed E-state index contributed by atoms with van der Waals surface area (Å²) >= 11 is 0. The molecule has 0 saturated carbocycles. The molecule has 0 aromatic heterocycles. The SMILES string of the molecule is CCCC(C=O)(c1ccccc1)P(=O)(OCC)OCC. The van der Waals surface area contributed by atoms with E-state index < -0.39 is 12.8 Å². The van der Waals surface area contributed by atoms with E-state index in [1.165, 1.54) is 0 Å². The van der Waals surface area contributed by atoms with Gasteiger partial charge in [0.25, 0.3) is 0 Å². The third-order valence-corrected chi connectivity index (χ3v) is 5.95. The number of aldehydes is 1. The second kappa shape index (κ2) is 7.72. The van der Waals surface area contributed by atoms with E-state index >= 15 is 0 Å². The lowest BCUT2D eigenvalue weighted by Crippen LogP contribution is -2.30. The Morgan fingerprint density at radius 2 is 1.65 bits per heavy atom. The van der Waals surface area contributed by atoms with E-state index in [9.17, 15) is 9.36 Å². The molecule has 1 unspecified atom stereocenters. The maximum absolute atomic E-state index is 13.2. The summed E-state index contributed by atoms with van der Waals surface area (Å²) in [6.45, 7) is 5.92. The lowest BCUT2D eigenvalue weighted by molar-refractivity contribution is -0.111. The molecule has 0 N–H and O–H groups in total. The fraction of sp³-hybridized carbons (Fsp3) is 0.533. The molecule has 1 aromatic carbocycles. The van der Waals surface area contributed by atoms with Gasteiger partial charge in [-0.2, -0.15) is 0 Å². The van der Waals surface area contributed by atoms with Gasteiger partial charge in [-0.1, -0.05) is 43.7 Å². The molecule has 0 radical (unpaired) electrons. The van der Waals surface area contributed by atoms with Crippen molar-refractivity contribution in [2.45, 2.75) is 38.8 Å². The summed E-state index contributed by atoms with van der Waals surface area (Å²) < 4.78 is 24.1. The van der Waals surface area contributed by atoms with E-state index in [-0.39, 0.29) is 13.2 Å². The Bertz CT molecular complexity index is 450. The minimum Gasteiger partial charge on any atom is -0.308 e. The number of benzene rings is 1. The van der Waals surface area contributed by atoms with E-state index in [0.717, 1.165) is 6.29 Å². The van der Waals surface area contributed by atoms with E-state index in [4.69, 9.17) is 9.05 Å². The molecule has 0 bridgehead atoms. The Morgan fingerprint density at radius 3 is 2.05 bits per heavy atom. The second-order valence-corrected chi connectivity index (χ2v) is 6.80. The number of carbonyl (C=O) groups is 1. The topological polar surface area (TPSA) is 52.6 Å². The van der Waals surface area contributed by atoms with Gasteiger partial charge in [0.2, 0.25) is 0 Å². The fourth-order valence-electron chi connectivity index (χ4n) is 2.35. The summed E-state index contributed by atoms with van der Waals surface area (Å²) in [7, 11) is -3.57. The van der Waals surface area contributed by atoms with Crippen molar-refractivity contribution in [3.05, 3.63) is 35.9 Å². The Labute approximate surface area is 121 Å². The molecule has 0 aliphatic carbocycles. The average Bonchev–Trinajstić information content (AvgIpc) is 2.46. The summed E-state index contributed by atoms with van der Waals surface area (Å²) in [5.74, 6) is 0. The van der Waals surface area contributed by atoms with Gasteiger partial charge in [0.05, 0.1) is 13.2 Å². The first-order chi connectivity index (χ1) is 9.60. The number of carbonyl (C=O) groups excluding carboxylic acids is 1. The first-order valence-electron chi connectivity index (χ1n) is 7.01. The van der Waals surface area contributed by atoms with E-state index in [1.54, 1.807) is 26.0 Å². The van der Waals surface area contributed by atoms with Crippen molar-refractivity contribution in [3.8, 4) is 0 Å². The fourth-order valence-corrected chi connectivity index (χ4v) is 4.65. The molecule has 4 nitrogen and oxygen atoms in total. The molecule has 1 aromatic rings. The molecule has 0 aliphatic rings. The highest BCUT2D eigenvalue weighted by molar-refractivity contribution is 7.56. The largest absolute Gasteiger partial charge is 0.348 e. The maximum Gasteiger partial charge on any atom is 0.348 e. The van der Waals surface area contributed by atoms with Crippen LogP contribution in [-0.2, 0) is 23.6 Å². The van der Waals surface area contributed by atoms with Crippen molar-refractivity contribution >= 4 is 13.9 Å². The summed E-state index contributed by atoms with van der Waals surface area (Å²) in [5, 5.41) is -1.23. The molecule has 0 fully saturated rings. The molecule has 0 spiro atoms. The third kappa shape index (κ3) is 3.20. The van der Waals surface area contributed by atoms with Gasteiger partial charge in [-0.3, -0.25) is 4.57 Å². The minimum atomic E-state index is -3.57. The summed E-state index contributed by atoms with van der Waals surface area (Å²) in [6, 6.07) is 9.11. The molecule has 1 rings (SSSR count). The molecule has 1 atom stereocenters. The number of rotatable bonds is 9. The second-order valence-electron chi connectivity index (χ2n) is 4.49. The van der Waals surface area contributed by atoms with Crippen LogP contribution < -0.4 is 0 Å². The van der Waals surface area contributed by atoms with Crippen LogP contribution in [-0.4, -0.2) is 19.5 Å². The van der Waals surface area contributed by atoms with Gasteiger partial charge < -0.3 is 13.8 Å². The van der Waals surface area contributed by atoms with Crippen LogP contribution in [0.3, 0.4) is 0 Å². The Kier molecular flexibility index (Phi) is 6.60. The van der Waals surface area contributed by atoms with Crippen LogP contribution in [0, 0.1) is 0 Å². The molecule has 0 amide bonds. The van der Waals surface area contributed by atoms with Crippen molar-refractivity contribution < 1.29 is 18.4 Å². The Morgan fingerprint density at radius 1 is 1.10 bits per heavy atom. The predicted octanol–water partition coefficient (Wildman–Crippen LogP) is 4.15. The van der Waals surface area contributed by atoms with Crippen LogP contribution in [0.15, 0.2) is 30.3 Å². The van der Waals surface area contributed by atoms with Gasteiger partial charge in [0.1, 0.15) is 6.29 Å². The zero-order valence-electron chi connectivity index (χ0n) is 12.4. The highest BCUT2D eigenvalue weighted by Crippen LogP contribution is 2.65. The van der Waals surface area contributed by atoms with Crippen molar-refractivity contribution in [1.29, 1.82) is 0 Å². The third-order valence-electron chi connectivity index (χ3n) is 3.19. The Balaban J connectivity index is 3.42. The van der Waals surface area contributed by atoms with Gasteiger partial charge in [0, 0.05) is 0 Å². The normalized spacial score (nSPS) is 14.8. The van der Waals surface area contributed by atoms with Gasteiger partial charge in [-0.05, 0) is 25.8 Å². The van der Waals surface area contributed by atoms with Crippen LogP contribution in [0.25, 0.3) is 0 Å². The van der Waals surface area contributed by atoms with E-state index in [2.05, 4.69) is 0 Å². The maximum atomic E-state index is 13.2. The molecule has 0 heterocycles. The summed E-state index contributed by atoms with van der Waals surface area (Å²) in [5.41, 5.74) is 0.682. The molecular weight excluding hydrogens is 275 g/mol. The van der Waals surface area contributed by atoms with E-state index in [1.807, 2.05) is 25.1 Å². The number of hydrogen-bond donors (Lipinski definition) is 0. The van der Waals surface area contributed by atoms with Gasteiger partial charge in [0.15, 0.2) is 5.16 Å². The molecule has 112 valence electrons. The first-order valence-corrected chi connectivity index (χ1v) is 8.55. The van der Waals surface area contributed by atoms with Gasteiger partial charge in [-0.15, -0.1) is 0 Å². The summed E-state index contributed by atoms with van der Waals surface area (Å²) in [6.07, 6.45) is 1.87. The van der Waals surface area contributed by atoms with Crippen LogP contribution in [0.1, 0.15) is 39.2 Å². The van der Waals surface area contributed by atoms with Crippen molar-refractivity contribution in [3.63, 3.8) is 0 Å². The molecular formula is C15H23O4P. The lowest BCUT2D eigenvalue weighted by Gasteiger charge is -2.34. The van der Waals surface area contributed by atoms with Gasteiger partial charge in [-0.25, -0.2) is 0 Å². The lowest BCUT2D eigenvalue weighted by atomic mass is 9.95. The van der Waals surface area contributed by atoms with Crippen molar-refractivity contribution in [2.75, 3.05) is 13.2 Å². The van der Waals surface area contributed by atoms with Gasteiger partial charge >= 0.3 is 7.60 Å². The van der Waals surface area contributed by atoms with Crippen LogP contribution in [0.5, 0.6) is 0 Å². The predicted molar refractivity (Wildman–Crippen MR) is 80.0 cm³/mol. The number of hydrogen-bond acceptors (Lipinski definition) is 4. The summed E-state index contributed by atoms with van der Waals surface area (Å²) in [4.78, 5) is 11.9. The van der Waals surface area contributed by atoms with Crippen LogP contribution >= 0.6 is 7.60 Å². The Hall–Kier alpha value is -0.960. The molecule has 20 heavy (non-hydrogen) atoms. The van der Waals surface area contributed by atoms with Crippen molar-refractivity contribution in [2.24, 2.45) is 0 Å². The monoisotopic (exact) mass is 298 g/mol. The van der Waals surface area contributed by atoms with Crippen LogP contribution in [0.4, 0.5) is 0 Å². The molecule has 0 aliphatic heterocycles. The molecule has 0 saturated heterocycles. The first kappa shape index (κ1) is 17.1. The minimum absolute atomic E-state index is 0.239. The smallest absolute Gasteiger partial charge is 0.308 e. The van der Waals surface area contributed by atoms with Crippen LogP contribution in [0.2, 0.25) is 0 Å². The highest BCUT2D eigenvalue weighted by atomic mass is 31.2. The van der Waals surface area contributed by atoms with E-state index in [0.29, 0.717) is 18.4 Å². The van der Waals surface area contributed by atoms with Crippen molar-refractivity contribution in [1.82, 2.24) is 0 Å². The molecule has 5 heteroatoms.